The standard InChI is InChI=1S/C19H22N2O4/c1-20(14-16-8-11-18(24-2)19(13-16)25-3)12-4-5-15-6-9-17(10-7-15)21(22)23/h4-11,13H,12,14H2,1-3H3. The highest BCUT2D eigenvalue weighted by Gasteiger charge is 2.06. The Balaban J connectivity index is 1.91. The zero-order chi connectivity index (χ0) is 18.2. The van der Waals surface area contributed by atoms with Crippen molar-refractivity contribution in [3.05, 3.63) is 69.8 Å². The molecule has 0 bridgehead atoms. The summed E-state index contributed by atoms with van der Waals surface area (Å²) in [4.78, 5) is 12.4. The maximum atomic E-state index is 10.6. The van der Waals surface area contributed by atoms with Gasteiger partial charge in [-0.1, -0.05) is 18.2 Å². The average Bonchev–Trinajstić information content (AvgIpc) is 2.62. The molecule has 0 atom stereocenters. The summed E-state index contributed by atoms with van der Waals surface area (Å²) in [5, 5.41) is 10.6. The van der Waals surface area contributed by atoms with Crippen LogP contribution in [0.15, 0.2) is 48.5 Å². The maximum Gasteiger partial charge on any atom is 0.269 e. The molecule has 25 heavy (non-hydrogen) atoms. The van der Waals surface area contributed by atoms with E-state index >= 15 is 0 Å². The molecule has 0 aliphatic carbocycles. The fraction of sp³-hybridized carbons (Fsp3) is 0.263. The van der Waals surface area contributed by atoms with E-state index in [2.05, 4.69) is 4.90 Å². The topological polar surface area (TPSA) is 64.8 Å². The summed E-state index contributed by atoms with van der Waals surface area (Å²) in [6, 6.07) is 12.4. The van der Waals surface area contributed by atoms with Crippen molar-refractivity contribution in [2.75, 3.05) is 27.8 Å². The van der Waals surface area contributed by atoms with E-state index in [1.165, 1.54) is 12.1 Å². The molecule has 0 spiro atoms. The van der Waals surface area contributed by atoms with Crippen molar-refractivity contribution >= 4 is 11.8 Å². The number of nitro benzene ring substituents is 1. The summed E-state index contributed by atoms with van der Waals surface area (Å²) in [5.74, 6) is 1.43. The Hall–Kier alpha value is -2.86. The second kappa shape index (κ2) is 8.84. The van der Waals surface area contributed by atoms with Gasteiger partial charge in [-0.25, -0.2) is 0 Å². The van der Waals surface area contributed by atoms with Crippen molar-refractivity contribution < 1.29 is 14.4 Å². The molecular formula is C19H22N2O4. The Morgan fingerprint density at radius 2 is 1.76 bits per heavy atom. The van der Waals surface area contributed by atoms with E-state index in [1.807, 2.05) is 37.4 Å². The molecule has 0 unspecified atom stereocenters. The SMILES string of the molecule is COc1ccc(CN(C)CC=Cc2ccc([N+](=O)[O-])cc2)cc1OC. The van der Waals surface area contributed by atoms with Crippen LogP contribution in [0.2, 0.25) is 0 Å². The largest absolute Gasteiger partial charge is 0.493 e. The van der Waals surface area contributed by atoms with Gasteiger partial charge in [0.25, 0.3) is 5.69 Å². The van der Waals surface area contributed by atoms with Gasteiger partial charge in [0.15, 0.2) is 11.5 Å². The number of non-ortho nitro benzene ring substituents is 1. The lowest BCUT2D eigenvalue weighted by Crippen LogP contribution is -2.17. The highest BCUT2D eigenvalue weighted by molar-refractivity contribution is 5.51. The van der Waals surface area contributed by atoms with Crippen molar-refractivity contribution in [1.29, 1.82) is 0 Å². The minimum atomic E-state index is -0.398. The molecule has 2 rings (SSSR count). The van der Waals surface area contributed by atoms with Crippen LogP contribution >= 0.6 is 0 Å². The molecule has 2 aromatic carbocycles. The number of hydrogen-bond acceptors (Lipinski definition) is 5. The number of likely N-dealkylation sites (N-methyl/N-ethyl adjacent to an activating group) is 1. The van der Waals surface area contributed by atoms with Crippen LogP contribution in [0.4, 0.5) is 5.69 Å². The van der Waals surface area contributed by atoms with Crippen molar-refractivity contribution in [3.8, 4) is 11.5 Å². The van der Waals surface area contributed by atoms with Gasteiger partial charge in [-0.05, 0) is 42.4 Å². The highest BCUT2D eigenvalue weighted by atomic mass is 16.6. The van der Waals surface area contributed by atoms with Crippen LogP contribution in [0.3, 0.4) is 0 Å². The van der Waals surface area contributed by atoms with Gasteiger partial charge in [0.1, 0.15) is 0 Å². The fourth-order valence-corrected chi connectivity index (χ4v) is 2.43. The van der Waals surface area contributed by atoms with Crippen LogP contribution in [-0.2, 0) is 6.54 Å². The molecular weight excluding hydrogens is 320 g/mol. The summed E-state index contributed by atoms with van der Waals surface area (Å²) in [6.45, 7) is 1.52. The molecule has 0 saturated heterocycles. The lowest BCUT2D eigenvalue weighted by atomic mass is 10.2. The Morgan fingerprint density at radius 3 is 2.36 bits per heavy atom. The van der Waals surface area contributed by atoms with Crippen molar-refractivity contribution in [2.24, 2.45) is 0 Å². The van der Waals surface area contributed by atoms with E-state index in [0.29, 0.717) is 5.75 Å². The van der Waals surface area contributed by atoms with Crippen molar-refractivity contribution in [2.45, 2.75) is 6.54 Å². The van der Waals surface area contributed by atoms with Gasteiger partial charge in [0, 0.05) is 25.2 Å². The minimum absolute atomic E-state index is 0.0997. The van der Waals surface area contributed by atoms with E-state index in [4.69, 9.17) is 9.47 Å². The Bertz CT molecular complexity index is 742. The first-order chi connectivity index (χ1) is 12.0. The van der Waals surface area contributed by atoms with Crippen LogP contribution in [0, 0.1) is 10.1 Å². The van der Waals surface area contributed by atoms with Gasteiger partial charge in [-0.2, -0.15) is 0 Å². The Kier molecular flexibility index (Phi) is 6.54. The number of rotatable bonds is 8. The van der Waals surface area contributed by atoms with Crippen LogP contribution in [-0.4, -0.2) is 37.6 Å². The first-order valence-electron chi connectivity index (χ1n) is 7.84. The number of benzene rings is 2. The van der Waals surface area contributed by atoms with Gasteiger partial charge in [-0.3, -0.25) is 15.0 Å². The van der Waals surface area contributed by atoms with Crippen LogP contribution in [0.1, 0.15) is 11.1 Å². The minimum Gasteiger partial charge on any atom is -0.493 e. The van der Waals surface area contributed by atoms with Crippen molar-refractivity contribution in [3.63, 3.8) is 0 Å². The molecule has 0 amide bonds. The molecule has 0 aliphatic rings. The van der Waals surface area contributed by atoms with E-state index in [9.17, 15) is 10.1 Å². The first-order valence-corrected chi connectivity index (χ1v) is 7.84. The fourth-order valence-electron chi connectivity index (χ4n) is 2.43. The second-order valence-corrected chi connectivity index (χ2v) is 5.64. The molecule has 0 heterocycles. The molecule has 6 heteroatoms. The van der Waals surface area contributed by atoms with Gasteiger partial charge < -0.3 is 9.47 Å². The summed E-state index contributed by atoms with van der Waals surface area (Å²) in [6.07, 6.45) is 3.98. The molecule has 0 saturated carbocycles. The lowest BCUT2D eigenvalue weighted by Gasteiger charge is -2.16. The Labute approximate surface area is 147 Å². The third-order valence-corrected chi connectivity index (χ3v) is 3.73. The molecule has 0 aliphatic heterocycles. The van der Waals surface area contributed by atoms with E-state index in [-0.39, 0.29) is 5.69 Å². The number of nitro groups is 1. The second-order valence-electron chi connectivity index (χ2n) is 5.64. The zero-order valence-corrected chi connectivity index (χ0v) is 14.6. The number of methoxy groups -OCH3 is 2. The third kappa shape index (κ3) is 5.32. The van der Waals surface area contributed by atoms with E-state index in [1.54, 1.807) is 26.4 Å². The number of hydrogen-bond donors (Lipinski definition) is 0. The normalized spacial score (nSPS) is 11.0. The summed E-state index contributed by atoms with van der Waals surface area (Å²) in [7, 11) is 5.27. The predicted molar refractivity (Wildman–Crippen MR) is 98.0 cm³/mol. The first kappa shape index (κ1) is 18.5. The van der Waals surface area contributed by atoms with Gasteiger partial charge >= 0.3 is 0 Å². The third-order valence-electron chi connectivity index (χ3n) is 3.73. The maximum absolute atomic E-state index is 10.6. The van der Waals surface area contributed by atoms with Gasteiger partial charge in [-0.15, -0.1) is 0 Å². The number of nitrogens with zero attached hydrogens (tertiary/aromatic N) is 2. The summed E-state index contributed by atoms with van der Waals surface area (Å²) in [5.41, 5.74) is 2.16. The zero-order valence-electron chi connectivity index (χ0n) is 14.6. The quantitative estimate of drug-likeness (QED) is 0.540. The smallest absolute Gasteiger partial charge is 0.269 e. The molecule has 2 aromatic rings. The number of ether oxygens (including phenoxy) is 2. The van der Waals surface area contributed by atoms with Crippen LogP contribution in [0.5, 0.6) is 11.5 Å². The summed E-state index contributed by atoms with van der Waals surface area (Å²) >= 11 is 0. The van der Waals surface area contributed by atoms with E-state index < -0.39 is 4.92 Å². The van der Waals surface area contributed by atoms with Gasteiger partial charge in [0.2, 0.25) is 0 Å². The predicted octanol–water partition coefficient (Wildman–Crippen LogP) is 3.76. The van der Waals surface area contributed by atoms with Gasteiger partial charge in [0.05, 0.1) is 19.1 Å². The van der Waals surface area contributed by atoms with E-state index in [0.717, 1.165) is 30.0 Å². The van der Waals surface area contributed by atoms with Crippen LogP contribution < -0.4 is 9.47 Å². The molecule has 0 fully saturated rings. The highest BCUT2D eigenvalue weighted by Crippen LogP contribution is 2.27. The molecule has 0 aromatic heterocycles. The summed E-state index contributed by atoms with van der Waals surface area (Å²) < 4.78 is 10.6. The lowest BCUT2D eigenvalue weighted by molar-refractivity contribution is -0.384. The van der Waals surface area contributed by atoms with Crippen LogP contribution in [0.25, 0.3) is 6.08 Å². The molecule has 0 N–H and O–H groups in total. The average molecular weight is 342 g/mol. The monoisotopic (exact) mass is 342 g/mol. The van der Waals surface area contributed by atoms with Crippen molar-refractivity contribution in [1.82, 2.24) is 4.90 Å². The molecule has 6 nitrogen and oxygen atoms in total. The molecule has 0 radical (unpaired) electrons. The Morgan fingerprint density at radius 1 is 1.08 bits per heavy atom. The molecule has 132 valence electrons.